The van der Waals surface area contributed by atoms with Gasteiger partial charge in [0.15, 0.2) is 0 Å². The first-order chi connectivity index (χ1) is 58.2. The molecule has 15 heteroatoms. The van der Waals surface area contributed by atoms with Crippen LogP contribution in [0.25, 0.3) is 0 Å². The van der Waals surface area contributed by atoms with Crippen LogP contribution < -0.4 is 0 Å². The summed E-state index contributed by atoms with van der Waals surface area (Å²) >= 11 is 30.7. The van der Waals surface area contributed by atoms with Crippen LogP contribution in [0.4, 0.5) is 0 Å². The summed E-state index contributed by atoms with van der Waals surface area (Å²) in [6.45, 7) is 138. The molecule has 0 bridgehead atoms. The highest BCUT2D eigenvalue weighted by atomic mass is 32.2. The highest BCUT2D eigenvalue weighted by Crippen LogP contribution is 2.31. The molecule has 0 nitrogen and oxygen atoms in total. The zero-order valence-electron chi connectivity index (χ0n) is 101. The van der Waals surface area contributed by atoms with Crippen LogP contribution in [-0.2, 0) is 0 Å². The van der Waals surface area contributed by atoms with E-state index in [0.29, 0.717) is 50.8 Å². The van der Waals surface area contributed by atoms with Crippen LogP contribution in [-0.4, -0.2) is 165 Å². The van der Waals surface area contributed by atoms with E-state index in [1.807, 2.05) is 82.3 Å². The van der Waals surface area contributed by atoms with Gasteiger partial charge in [0.2, 0.25) is 0 Å². The molecule has 3 unspecified atom stereocenters. The number of rotatable bonds is 43. The van der Waals surface area contributed by atoms with Crippen LogP contribution in [0.3, 0.4) is 0 Å². The van der Waals surface area contributed by atoms with Gasteiger partial charge in [-0.25, -0.2) is 0 Å². The van der Waals surface area contributed by atoms with Gasteiger partial charge in [-0.2, -0.15) is 176 Å². The van der Waals surface area contributed by atoms with Crippen molar-refractivity contribution in [2.75, 3.05) is 115 Å². The fourth-order valence-electron chi connectivity index (χ4n) is 7.14. The summed E-state index contributed by atoms with van der Waals surface area (Å²) in [6.07, 6.45) is 16.0. The molecule has 0 aliphatic rings. The predicted octanol–water partition coefficient (Wildman–Crippen LogP) is 45.9. The zero-order chi connectivity index (χ0) is 106. The van der Waals surface area contributed by atoms with E-state index in [9.17, 15) is 0 Å². The van der Waals surface area contributed by atoms with E-state index in [1.165, 1.54) is 192 Å². The van der Waals surface area contributed by atoms with E-state index >= 15 is 0 Å². The standard InChI is InChI=1S/C10H22S.3C9H20S.4C8H18S.4C7H16S.2C6H14S.C5H12S/c1-6-9(2)7-11-8-10(3,4)5;1-8(2)6-10-7-9(3,4)5;1-6-8(2)7-10-9(3,4)5;1-5-6-7-10-8-9(2,3)4;1-7(2)6-9-8(3,4)5;1-5-8(4)6-9-7(2)3;1-5-6-9-7-8(2,3)4;1-5-6-7-9-8(2,3)4;1-6(2)5-8-7(3)4;1-5-8-6-7(2,3)4;1-5-6-8-7(2,3)4;1-4-5-6-8-7(2)3;1-5-7-6(2,3)4;1-4-5-7-6(2)3;1-4-6-5(2)3/h9H,6-8H2,1-5H3;2*8H,6-7H2,1-5H3;5-8H2,1-4H3;7H,6H2,1-5H3;7-8H,5-6H2,1-4H3;2*5-7H2,1-4H3;6-7H,5H2,1-4H3;2*5-6H2,1-4H3;7H,4-6H2,1-3H3;5H2,1-4H3;6H,4-5H2,1-3H3;5H,4H2,1-3H3. The lowest BCUT2D eigenvalue weighted by Crippen LogP contribution is -2.11. The molecule has 0 aliphatic carbocycles. The first-order valence-corrected chi connectivity index (χ1v) is 68.3. The van der Waals surface area contributed by atoms with Gasteiger partial charge in [0.05, 0.1) is 0 Å². The molecule has 0 heterocycles. The lowest BCUT2D eigenvalue weighted by molar-refractivity contribution is 0.479. The fraction of sp³-hybridized carbons (Fsp3) is 1.00. The second kappa shape index (κ2) is 110. The molecule has 0 aromatic carbocycles. The molecule has 0 radical (unpaired) electrons. The summed E-state index contributed by atoms with van der Waals surface area (Å²) in [4.78, 5) is 0. The minimum absolute atomic E-state index is 0.448. The van der Waals surface area contributed by atoms with Gasteiger partial charge in [-0.3, -0.25) is 0 Å². The maximum atomic E-state index is 2.33. The number of hydrogen-bond acceptors (Lipinski definition) is 15. The molecule has 129 heavy (non-hydrogen) atoms. The minimum atomic E-state index is 0.448. The molecule has 0 aromatic rings. The fourth-order valence-corrected chi connectivity index (χ4v) is 21.4. The number of thioether (sulfide) groups is 15. The van der Waals surface area contributed by atoms with Crippen LogP contribution in [0.2, 0.25) is 0 Å². The second-order valence-electron chi connectivity index (χ2n) is 47.8. The normalized spacial score (nSPS) is 12.4. The topological polar surface area (TPSA) is 0 Å². The average molecular weight is 2110 g/mol. The molecule has 0 amide bonds. The summed E-state index contributed by atoms with van der Waals surface area (Å²) in [5.74, 6) is 31.1. The van der Waals surface area contributed by atoms with Gasteiger partial charge >= 0.3 is 0 Å². The molecule has 0 aromatic heterocycles. The van der Waals surface area contributed by atoms with Gasteiger partial charge in [0.1, 0.15) is 0 Å². The molecule has 0 saturated carbocycles. The summed E-state index contributed by atoms with van der Waals surface area (Å²) in [5, 5.41) is 4.06. The Kier molecular flexibility index (Phi) is 144. The van der Waals surface area contributed by atoms with Crippen molar-refractivity contribution in [1.29, 1.82) is 0 Å². The van der Waals surface area contributed by atoms with Crippen molar-refractivity contribution in [2.24, 2.45) is 62.6 Å². The quantitative estimate of drug-likeness (QED) is 0.0532. The van der Waals surface area contributed by atoms with Crippen LogP contribution >= 0.6 is 176 Å². The van der Waals surface area contributed by atoms with Crippen LogP contribution in [0.1, 0.15) is 499 Å². The number of hydrogen-bond donors (Lipinski definition) is 0. The Labute approximate surface area is 894 Å². The first-order valence-electron chi connectivity index (χ1n) is 52.4. The van der Waals surface area contributed by atoms with Gasteiger partial charge < -0.3 is 0 Å². The van der Waals surface area contributed by atoms with Gasteiger partial charge in [-0.15, -0.1) is 0 Å². The SMILES string of the molecule is CC(C)CSC(C)(C)C.CC(C)CSC(C)C.CC(C)CSCC(C)(C)C.CCC(C)CSC(C)(C)C.CCC(C)CSC(C)C.CCC(C)CSCC(C)(C)C.CCCCSC(C)(C)C.CCCCSC(C)C.CCCCSCC(C)(C)C.CCCSC(C)(C)C.CCCSC(C)C.CCCSCC(C)(C)C.CCSC(C)(C)C.CCSC(C)C.CCSCC(C)(C)C. The Balaban J connectivity index is -0.0000000832. The third kappa shape index (κ3) is 270. The Morgan fingerprint density at radius 1 is 0.178 bits per heavy atom. The van der Waals surface area contributed by atoms with Gasteiger partial charge in [0, 0.05) is 23.7 Å². The highest BCUT2D eigenvalue weighted by Gasteiger charge is 2.17. The molecule has 804 valence electrons. The molecular formula is C114H258S15. The molecule has 0 saturated heterocycles. The molecule has 0 N–H and O–H groups in total. The zero-order valence-corrected chi connectivity index (χ0v) is 113. The first kappa shape index (κ1) is 168. The van der Waals surface area contributed by atoms with Gasteiger partial charge in [-0.05, 0) is 242 Å². The van der Waals surface area contributed by atoms with Crippen molar-refractivity contribution in [1.82, 2.24) is 0 Å². The smallest absolute Gasteiger partial charge is 0.00751 e. The van der Waals surface area contributed by atoms with E-state index < -0.39 is 0 Å². The van der Waals surface area contributed by atoms with E-state index in [4.69, 9.17) is 0 Å². The van der Waals surface area contributed by atoms with E-state index in [0.717, 1.165) is 61.8 Å². The molecule has 0 rings (SSSR count). The third-order valence-electron chi connectivity index (χ3n) is 14.4. The lowest BCUT2D eigenvalue weighted by atomic mass is 10.0. The van der Waals surface area contributed by atoms with Crippen molar-refractivity contribution in [2.45, 2.75) is 549 Å². The maximum absolute atomic E-state index is 2.33. The minimum Gasteiger partial charge on any atom is -0.162 e. The maximum Gasteiger partial charge on any atom is 0.00751 e. The monoisotopic (exact) mass is 2110 g/mol. The summed E-state index contributed by atoms with van der Waals surface area (Å²) in [6, 6.07) is 0. The van der Waals surface area contributed by atoms with Crippen molar-refractivity contribution < 1.29 is 0 Å². The highest BCUT2D eigenvalue weighted by molar-refractivity contribution is 8.03. The summed E-state index contributed by atoms with van der Waals surface area (Å²) in [7, 11) is 0. The van der Waals surface area contributed by atoms with Crippen molar-refractivity contribution in [3.05, 3.63) is 0 Å². The van der Waals surface area contributed by atoms with Crippen LogP contribution in [0, 0.1) is 62.6 Å². The van der Waals surface area contributed by atoms with Gasteiger partial charge in [0.25, 0.3) is 0 Å². The Morgan fingerprint density at radius 2 is 0.442 bits per heavy atom. The van der Waals surface area contributed by atoms with Crippen LogP contribution in [0.5, 0.6) is 0 Å². The molecule has 0 fully saturated rings. The Hall–Kier alpha value is 5.25. The van der Waals surface area contributed by atoms with E-state index in [-0.39, 0.29) is 0 Å². The van der Waals surface area contributed by atoms with Crippen molar-refractivity contribution in [3.8, 4) is 0 Å². The molecular weight excluding hydrogens is 1850 g/mol. The van der Waals surface area contributed by atoms with Crippen LogP contribution in [0.15, 0.2) is 0 Å². The molecule has 0 spiro atoms. The predicted molar refractivity (Wildman–Crippen MR) is 678 cm³/mol. The van der Waals surface area contributed by atoms with E-state index in [1.54, 1.807) is 0 Å². The van der Waals surface area contributed by atoms with E-state index in [2.05, 4.69) is 516 Å². The van der Waals surface area contributed by atoms with Crippen molar-refractivity contribution >= 4 is 176 Å². The Bertz CT molecular complexity index is 1910. The van der Waals surface area contributed by atoms with Crippen molar-refractivity contribution in [3.63, 3.8) is 0 Å². The lowest BCUT2D eigenvalue weighted by Gasteiger charge is -2.19. The second-order valence-corrected chi connectivity index (χ2v) is 71.4. The average Bonchev–Trinajstić information content (AvgIpc) is 0.986. The molecule has 0 aliphatic heterocycles. The summed E-state index contributed by atoms with van der Waals surface area (Å²) < 4.78 is 2.30. The Morgan fingerprint density at radius 3 is 0.667 bits per heavy atom. The molecule has 3 atom stereocenters. The largest absolute Gasteiger partial charge is 0.162 e. The third-order valence-corrected chi connectivity index (χ3v) is 36.9. The van der Waals surface area contributed by atoms with Gasteiger partial charge in [-0.1, -0.05) is 461 Å². The number of unbranched alkanes of at least 4 members (excludes halogenated alkanes) is 3. The summed E-state index contributed by atoms with van der Waals surface area (Å²) in [5.41, 5.74) is 2.54.